The molecule has 0 radical (unpaired) electrons. The zero-order valence-corrected chi connectivity index (χ0v) is 13.6. The van der Waals surface area contributed by atoms with E-state index in [0.717, 1.165) is 24.2 Å². The highest BCUT2D eigenvalue weighted by Gasteiger charge is 2.41. The van der Waals surface area contributed by atoms with Gasteiger partial charge in [0.25, 0.3) is 10.0 Å². The van der Waals surface area contributed by atoms with Gasteiger partial charge in [-0.15, -0.1) is 11.3 Å². The van der Waals surface area contributed by atoms with Crippen molar-refractivity contribution in [3.05, 3.63) is 17.5 Å². The fraction of sp³-hybridized carbons (Fsp3) is 0.571. The van der Waals surface area contributed by atoms with Crippen LogP contribution in [0.15, 0.2) is 21.7 Å². The number of rotatable bonds is 5. The molecule has 3 rings (SSSR count). The average Bonchev–Trinajstić information content (AvgIpc) is 3.01. The van der Waals surface area contributed by atoms with Crippen molar-refractivity contribution in [3.63, 3.8) is 0 Å². The Bertz CT molecular complexity index is 689. The van der Waals surface area contributed by atoms with E-state index in [2.05, 4.69) is 11.4 Å². The molecule has 1 aromatic heterocycles. The Hall–Kier alpha value is -1.43. The molecule has 1 N–H and O–H groups in total. The zero-order valence-electron chi connectivity index (χ0n) is 11.9. The van der Waals surface area contributed by atoms with Crippen molar-refractivity contribution in [1.82, 2.24) is 9.62 Å². The SMILES string of the molecule is N#CC(NC(=O)[C@@H]1CCCN1S(=O)(=O)c1cccs1)C1CC1. The second-order valence-electron chi connectivity index (χ2n) is 5.66. The van der Waals surface area contributed by atoms with Crippen LogP contribution in [0.25, 0.3) is 0 Å². The van der Waals surface area contributed by atoms with Crippen LogP contribution >= 0.6 is 11.3 Å². The number of hydrogen-bond donors (Lipinski definition) is 1. The Morgan fingerprint density at radius 2 is 2.23 bits per heavy atom. The van der Waals surface area contributed by atoms with E-state index >= 15 is 0 Å². The molecule has 6 nitrogen and oxygen atoms in total. The Labute approximate surface area is 133 Å². The number of nitrogens with one attached hydrogen (secondary N) is 1. The molecule has 1 aromatic rings. The number of nitrogens with zero attached hydrogens (tertiary/aromatic N) is 2. The molecule has 1 saturated carbocycles. The first kappa shape index (κ1) is 15.5. The van der Waals surface area contributed by atoms with Crippen LogP contribution in [0, 0.1) is 17.2 Å². The maximum absolute atomic E-state index is 12.6. The Morgan fingerprint density at radius 3 is 2.82 bits per heavy atom. The van der Waals surface area contributed by atoms with Gasteiger partial charge in [0.2, 0.25) is 5.91 Å². The van der Waals surface area contributed by atoms with Gasteiger partial charge in [-0.05, 0) is 43.0 Å². The smallest absolute Gasteiger partial charge is 0.253 e. The minimum absolute atomic E-state index is 0.220. The standard InChI is InChI=1S/C14H17N3O3S2/c15-9-11(10-5-6-10)16-14(18)12-3-1-7-17(12)22(19,20)13-4-2-8-21-13/h2,4,8,10-12H,1,3,5-7H2,(H,16,18)/t11?,12-/m0/s1. The molecule has 2 fully saturated rings. The maximum atomic E-state index is 12.6. The predicted molar refractivity (Wildman–Crippen MR) is 81.5 cm³/mol. The van der Waals surface area contributed by atoms with Crippen molar-refractivity contribution < 1.29 is 13.2 Å². The van der Waals surface area contributed by atoms with Crippen molar-refractivity contribution in [1.29, 1.82) is 5.26 Å². The molecule has 2 aliphatic rings. The molecule has 22 heavy (non-hydrogen) atoms. The fourth-order valence-electron chi connectivity index (χ4n) is 2.75. The van der Waals surface area contributed by atoms with E-state index in [-0.39, 0.29) is 16.0 Å². The molecule has 1 unspecified atom stereocenters. The number of amides is 1. The molecule has 8 heteroatoms. The van der Waals surface area contributed by atoms with Crippen LogP contribution in [0.1, 0.15) is 25.7 Å². The van der Waals surface area contributed by atoms with E-state index in [1.807, 2.05) is 0 Å². The highest BCUT2D eigenvalue weighted by atomic mass is 32.2. The van der Waals surface area contributed by atoms with Crippen LogP contribution in [0.2, 0.25) is 0 Å². The molecular formula is C14H17N3O3S2. The lowest BCUT2D eigenvalue weighted by Gasteiger charge is -2.23. The molecule has 2 heterocycles. The van der Waals surface area contributed by atoms with Gasteiger partial charge in [0.05, 0.1) is 6.07 Å². The molecule has 1 aliphatic carbocycles. The van der Waals surface area contributed by atoms with E-state index in [0.29, 0.717) is 19.4 Å². The third kappa shape index (κ3) is 2.89. The predicted octanol–water partition coefficient (Wildman–Crippen LogP) is 1.32. The van der Waals surface area contributed by atoms with Crippen LogP contribution < -0.4 is 5.32 Å². The number of nitriles is 1. The summed E-state index contributed by atoms with van der Waals surface area (Å²) >= 11 is 1.15. The third-order valence-electron chi connectivity index (χ3n) is 4.09. The summed E-state index contributed by atoms with van der Waals surface area (Å²) in [6.45, 7) is 0.346. The second kappa shape index (κ2) is 5.99. The zero-order chi connectivity index (χ0) is 15.7. The largest absolute Gasteiger partial charge is 0.339 e. The summed E-state index contributed by atoms with van der Waals surface area (Å²) in [6, 6.07) is 4.13. The van der Waals surface area contributed by atoms with Gasteiger partial charge in [0.15, 0.2) is 0 Å². The van der Waals surface area contributed by atoms with Gasteiger partial charge in [0.1, 0.15) is 16.3 Å². The number of sulfonamides is 1. The lowest BCUT2D eigenvalue weighted by Crippen LogP contribution is -2.48. The summed E-state index contributed by atoms with van der Waals surface area (Å²) in [5, 5.41) is 13.5. The molecule has 2 atom stereocenters. The molecule has 118 valence electrons. The topological polar surface area (TPSA) is 90.3 Å². The number of carbonyl (C=O) groups excluding carboxylic acids is 1. The number of thiophene rings is 1. The minimum atomic E-state index is -3.63. The van der Waals surface area contributed by atoms with Crippen molar-refractivity contribution in [2.75, 3.05) is 6.54 Å². The van der Waals surface area contributed by atoms with Gasteiger partial charge in [-0.1, -0.05) is 6.07 Å². The van der Waals surface area contributed by atoms with Crippen molar-refractivity contribution in [2.45, 2.75) is 42.0 Å². The monoisotopic (exact) mass is 339 g/mol. The van der Waals surface area contributed by atoms with E-state index in [1.54, 1.807) is 17.5 Å². The molecule has 0 aromatic carbocycles. The molecular weight excluding hydrogens is 322 g/mol. The van der Waals surface area contributed by atoms with Crippen LogP contribution in [0.3, 0.4) is 0 Å². The van der Waals surface area contributed by atoms with Gasteiger partial charge < -0.3 is 5.32 Å². The van der Waals surface area contributed by atoms with E-state index in [9.17, 15) is 13.2 Å². The molecule has 0 spiro atoms. The average molecular weight is 339 g/mol. The van der Waals surface area contributed by atoms with Crippen LogP contribution in [-0.2, 0) is 14.8 Å². The quantitative estimate of drug-likeness (QED) is 0.876. The second-order valence-corrected chi connectivity index (χ2v) is 8.72. The highest BCUT2D eigenvalue weighted by Crippen LogP contribution is 2.33. The Kier molecular flexibility index (Phi) is 4.21. The molecule has 1 aliphatic heterocycles. The lowest BCUT2D eigenvalue weighted by molar-refractivity contribution is -0.124. The summed E-state index contributed by atoms with van der Waals surface area (Å²) in [6.07, 6.45) is 3.04. The Morgan fingerprint density at radius 1 is 1.45 bits per heavy atom. The van der Waals surface area contributed by atoms with Crippen molar-refractivity contribution >= 4 is 27.3 Å². The van der Waals surface area contributed by atoms with Gasteiger partial charge in [-0.25, -0.2) is 8.42 Å². The highest BCUT2D eigenvalue weighted by molar-refractivity contribution is 7.91. The minimum Gasteiger partial charge on any atom is -0.339 e. The third-order valence-corrected chi connectivity index (χ3v) is 7.38. The summed E-state index contributed by atoms with van der Waals surface area (Å²) < 4.78 is 26.7. The maximum Gasteiger partial charge on any atom is 0.253 e. The fourth-order valence-corrected chi connectivity index (χ4v) is 5.53. The van der Waals surface area contributed by atoms with Gasteiger partial charge >= 0.3 is 0 Å². The summed E-state index contributed by atoms with van der Waals surface area (Å²) in [4.78, 5) is 12.4. The van der Waals surface area contributed by atoms with Crippen LogP contribution in [0.5, 0.6) is 0 Å². The Balaban J connectivity index is 1.75. The van der Waals surface area contributed by atoms with Gasteiger partial charge in [-0.3, -0.25) is 4.79 Å². The normalized spacial score (nSPS) is 23.9. The van der Waals surface area contributed by atoms with Crippen LogP contribution in [-0.4, -0.2) is 37.3 Å². The van der Waals surface area contributed by atoms with Gasteiger partial charge in [-0.2, -0.15) is 9.57 Å². The molecule has 1 amide bonds. The first-order valence-corrected chi connectivity index (χ1v) is 9.61. The number of carbonyl (C=O) groups is 1. The van der Waals surface area contributed by atoms with Crippen LogP contribution in [0.4, 0.5) is 0 Å². The summed E-state index contributed by atoms with van der Waals surface area (Å²) in [7, 11) is -3.63. The van der Waals surface area contributed by atoms with Crippen molar-refractivity contribution in [2.24, 2.45) is 5.92 Å². The first-order valence-electron chi connectivity index (χ1n) is 7.29. The molecule has 0 bridgehead atoms. The van der Waals surface area contributed by atoms with E-state index in [4.69, 9.17) is 5.26 Å². The summed E-state index contributed by atoms with van der Waals surface area (Å²) in [5.74, 6) is -0.131. The van der Waals surface area contributed by atoms with Crippen molar-refractivity contribution in [3.8, 4) is 6.07 Å². The first-order chi connectivity index (χ1) is 10.5. The summed E-state index contributed by atoms with van der Waals surface area (Å²) in [5.41, 5.74) is 0. The number of hydrogen-bond acceptors (Lipinski definition) is 5. The van der Waals surface area contributed by atoms with Gasteiger partial charge in [0, 0.05) is 6.54 Å². The lowest BCUT2D eigenvalue weighted by atomic mass is 10.1. The molecule has 1 saturated heterocycles. The van der Waals surface area contributed by atoms with E-state index < -0.39 is 22.1 Å². The van der Waals surface area contributed by atoms with E-state index in [1.165, 1.54) is 4.31 Å².